The molecule has 0 radical (unpaired) electrons. The van der Waals surface area contributed by atoms with Crippen LogP contribution >= 0.6 is 0 Å². The lowest BCUT2D eigenvalue weighted by Crippen LogP contribution is -2.30. The molecule has 17 heavy (non-hydrogen) atoms. The molecule has 1 heterocycles. The van der Waals surface area contributed by atoms with Crippen molar-refractivity contribution in [2.24, 2.45) is 0 Å². The van der Waals surface area contributed by atoms with Gasteiger partial charge in [0, 0.05) is 6.08 Å². The molecule has 1 aromatic rings. The molecule has 1 rings (SSSR count). The summed E-state index contributed by atoms with van der Waals surface area (Å²) < 4.78 is 29.7. The minimum Gasteiger partial charge on any atom is -0.462 e. The molecule has 1 N–H and O–H groups in total. The molecule has 5 nitrogen and oxygen atoms in total. The maximum Gasteiger partial charge on any atom is 0.257 e. The Bertz CT molecular complexity index is 513. The molecule has 0 saturated heterocycles. The van der Waals surface area contributed by atoms with Crippen LogP contribution in [0.15, 0.2) is 22.6 Å². The molecular formula is C11H15NO4S. The van der Waals surface area contributed by atoms with Gasteiger partial charge < -0.3 is 4.42 Å². The van der Waals surface area contributed by atoms with E-state index in [1.165, 1.54) is 6.08 Å². The maximum absolute atomic E-state index is 11.3. The lowest BCUT2D eigenvalue weighted by atomic mass is 10.4. The molecule has 0 saturated carbocycles. The Balaban J connectivity index is 2.58. The summed E-state index contributed by atoms with van der Waals surface area (Å²) in [5, 5.41) is 0. The third-order valence-corrected chi connectivity index (χ3v) is 3.35. The van der Waals surface area contributed by atoms with Crippen molar-refractivity contribution in [2.75, 3.05) is 5.75 Å². The van der Waals surface area contributed by atoms with Gasteiger partial charge in [-0.05, 0) is 31.6 Å². The highest BCUT2D eigenvalue weighted by molar-refractivity contribution is 7.90. The van der Waals surface area contributed by atoms with E-state index in [-0.39, 0.29) is 5.75 Å². The number of amides is 1. The first-order valence-corrected chi connectivity index (χ1v) is 6.87. The van der Waals surface area contributed by atoms with Crippen molar-refractivity contribution < 1.29 is 17.6 Å². The van der Waals surface area contributed by atoms with Gasteiger partial charge in [0.2, 0.25) is 10.0 Å². The number of carbonyl (C=O) groups is 1. The Kier molecular flexibility index (Phi) is 4.51. The van der Waals surface area contributed by atoms with E-state index >= 15 is 0 Å². The first-order chi connectivity index (χ1) is 7.93. The van der Waals surface area contributed by atoms with Gasteiger partial charge in [-0.2, -0.15) is 0 Å². The molecule has 1 amide bonds. The van der Waals surface area contributed by atoms with Crippen molar-refractivity contribution in [3.8, 4) is 0 Å². The van der Waals surface area contributed by atoms with Crippen LogP contribution in [0.25, 0.3) is 6.08 Å². The Morgan fingerprint density at radius 3 is 2.71 bits per heavy atom. The summed E-state index contributed by atoms with van der Waals surface area (Å²) in [5.74, 6) is 0.494. The van der Waals surface area contributed by atoms with Crippen molar-refractivity contribution in [1.29, 1.82) is 0 Å². The highest BCUT2D eigenvalue weighted by Gasteiger charge is 2.10. The van der Waals surface area contributed by atoms with Crippen LogP contribution in [0.4, 0.5) is 0 Å². The Hall–Kier alpha value is -1.56. The topological polar surface area (TPSA) is 76.4 Å². The van der Waals surface area contributed by atoms with Crippen molar-refractivity contribution in [3.63, 3.8) is 0 Å². The van der Waals surface area contributed by atoms with Crippen molar-refractivity contribution in [1.82, 2.24) is 4.72 Å². The SMILES string of the molecule is CCCS(=O)(=O)NC(=O)/C=C/c1ccc(C)o1. The normalized spacial score (nSPS) is 11.9. The monoisotopic (exact) mass is 257 g/mol. The fourth-order valence-corrected chi connectivity index (χ4v) is 2.22. The second kappa shape index (κ2) is 5.67. The number of furan rings is 1. The van der Waals surface area contributed by atoms with Gasteiger partial charge in [-0.25, -0.2) is 13.1 Å². The van der Waals surface area contributed by atoms with Gasteiger partial charge in [0.25, 0.3) is 5.91 Å². The minimum absolute atomic E-state index is 0.0631. The number of sulfonamides is 1. The van der Waals surface area contributed by atoms with Crippen LogP contribution in [0.5, 0.6) is 0 Å². The molecule has 0 aliphatic carbocycles. The van der Waals surface area contributed by atoms with Crippen LogP contribution < -0.4 is 4.72 Å². The molecule has 0 aliphatic rings. The van der Waals surface area contributed by atoms with E-state index in [9.17, 15) is 13.2 Å². The molecule has 0 fully saturated rings. The number of nitrogens with one attached hydrogen (secondary N) is 1. The van der Waals surface area contributed by atoms with Gasteiger partial charge in [-0.15, -0.1) is 0 Å². The molecule has 0 atom stereocenters. The van der Waals surface area contributed by atoms with Crippen LogP contribution in [-0.4, -0.2) is 20.1 Å². The number of rotatable bonds is 5. The second-order valence-corrected chi connectivity index (χ2v) is 5.41. The first-order valence-electron chi connectivity index (χ1n) is 5.22. The van der Waals surface area contributed by atoms with Crippen molar-refractivity contribution >= 4 is 22.0 Å². The minimum atomic E-state index is -3.51. The summed E-state index contributed by atoms with van der Waals surface area (Å²) in [4.78, 5) is 11.3. The summed E-state index contributed by atoms with van der Waals surface area (Å²) in [6.07, 6.45) is 3.01. The van der Waals surface area contributed by atoms with Crippen LogP contribution in [-0.2, 0) is 14.8 Å². The highest BCUT2D eigenvalue weighted by Crippen LogP contribution is 2.07. The summed E-state index contributed by atoms with van der Waals surface area (Å²) >= 11 is 0. The van der Waals surface area contributed by atoms with E-state index in [1.807, 2.05) is 4.72 Å². The van der Waals surface area contributed by atoms with E-state index in [4.69, 9.17) is 4.42 Å². The molecule has 94 valence electrons. The van der Waals surface area contributed by atoms with E-state index < -0.39 is 15.9 Å². The van der Waals surface area contributed by atoms with E-state index in [0.717, 1.165) is 11.8 Å². The molecule has 0 unspecified atom stereocenters. The zero-order valence-corrected chi connectivity index (χ0v) is 10.6. The molecule has 1 aromatic heterocycles. The van der Waals surface area contributed by atoms with Gasteiger partial charge in [0.15, 0.2) is 0 Å². The standard InChI is InChI=1S/C11H15NO4S/c1-3-8-17(14,15)12-11(13)7-6-10-5-4-9(2)16-10/h4-7H,3,8H2,1-2H3,(H,12,13)/b7-6+. The highest BCUT2D eigenvalue weighted by atomic mass is 32.2. The van der Waals surface area contributed by atoms with Crippen LogP contribution in [0.3, 0.4) is 0 Å². The molecule has 0 spiro atoms. The lowest BCUT2D eigenvalue weighted by molar-refractivity contribution is -0.114. The van der Waals surface area contributed by atoms with Crippen molar-refractivity contribution in [2.45, 2.75) is 20.3 Å². The third-order valence-electron chi connectivity index (χ3n) is 1.89. The second-order valence-electron chi connectivity index (χ2n) is 3.57. The molecular weight excluding hydrogens is 242 g/mol. The smallest absolute Gasteiger partial charge is 0.257 e. The fraction of sp³-hybridized carbons (Fsp3) is 0.364. The fourth-order valence-electron chi connectivity index (χ4n) is 1.21. The lowest BCUT2D eigenvalue weighted by Gasteiger charge is -2.01. The van der Waals surface area contributed by atoms with Crippen LogP contribution in [0.1, 0.15) is 24.9 Å². The number of carbonyl (C=O) groups excluding carboxylic acids is 1. The van der Waals surface area contributed by atoms with Crippen LogP contribution in [0, 0.1) is 6.92 Å². The van der Waals surface area contributed by atoms with Crippen LogP contribution in [0.2, 0.25) is 0 Å². The van der Waals surface area contributed by atoms with Gasteiger partial charge in [0.05, 0.1) is 5.75 Å². The number of hydrogen-bond acceptors (Lipinski definition) is 4. The average molecular weight is 257 g/mol. The van der Waals surface area contributed by atoms with Crippen molar-refractivity contribution in [3.05, 3.63) is 29.7 Å². The molecule has 6 heteroatoms. The Labute approximate surface area is 101 Å². The predicted octanol–water partition coefficient (Wildman–Crippen LogP) is 1.46. The quantitative estimate of drug-likeness (QED) is 0.810. The zero-order chi connectivity index (χ0) is 12.9. The van der Waals surface area contributed by atoms with E-state index in [1.54, 1.807) is 26.0 Å². The number of aryl methyl sites for hydroxylation is 1. The Morgan fingerprint density at radius 1 is 1.47 bits per heavy atom. The predicted molar refractivity (Wildman–Crippen MR) is 64.7 cm³/mol. The summed E-state index contributed by atoms with van der Waals surface area (Å²) in [7, 11) is -3.51. The average Bonchev–Trinajstić information content (AvgIpc) is 2.60. The van der Waals surface area contributed by atoms with Gasteiger partial charge >= 0.3 is 0 Å². The molecule has 0 aromatic carbocycles. The summed E-state index contributed by atoms with van der Waals surface area (Å²) in [6, 6.07) is 3.45. The number of hydrogen-bond donors (Lipinski definition) is 1. The third kappa shape index (κ3) is 4.86. The molecule has 0 aliphatic heterocycles. The first kappa shape index (κ1) is 13.5. The maximum atomic E-state index is 11.3. The van der Waals surface area contributed by atoms with Gasteiger partial charge in [-0.1, -0.05) is 6.92 Å². The summed E-state index contributed by atoms with van der Waals surface area (Å²) in [6.45, 7) is 3.51. The van der Waals surface area contributed by atoms with Gasteiger partial charge in [-0.3, -0.25) is 4.79 Å². The van der Waals surface area contributed by atoms with Gasteiger partial charge in [0.1, 0.15) is 11.5 Å². The summed E-state index contributed by atoms with van der Waals surface area (Å²) in [5.41, 5.74) is 0. The largest absolute Gasteiger partial charge is 0.462 e. The van der Waals surface area contributed by atoms with E-state index in [2.05, 4.69) is 0 Å². The zero-order valence-electron chi connectivity index (χ0n) is 9.76. The Morgan fingerprint density at radius 2 is 2.18 bits per heavy atom. The molecule has 0 bridgehead atoms. The van der Waals surface area contributed by atoms with E-state index in [0.29, 0.717) is 12.2 Å².